The van der Waals surface area contributed by atoms with Gasteiger partial charge in [-0.15, -0.1) is 11.8 Å². The summed E-state index contributed by atoms with van der Waals surface area (Å²) in [7, 11) is 0. The normalized spacial score (nSPS) is 10.9. The summed E-state index contributed by atoms with van der Waals surface area (Å²) in [5.41, 5.74) is 5.58. The van der Waals surface area contributed by atoms with Gasteiger partial charge in [0.15, 0.2) is 5.78 Å². The maximum Gasteiger partial charge on any atom is 0.174 e. The number of aryl methyl sites for hydroxylation is 3. The third kappa shape index (κ3) is 3.41. The predicted molar refractivity (Wildman–Crippen MR) is 90.6 cm³/mol. The number of aromatic nitrogens is 1. The van der Waals surface area contributed by atoms with Crippen molar-refractivity contribution in [3.8, 4) is 0 Å². The minimum absolute atomic E-state index is 0.216. The van der Waals surface area contributed by atoms with Gasteiger partial charge >= 0.3 is 0 Å². The lowest BCUT2D eigenvalue weighted by Gasteiger charge is -2.07. The van der Waals surface area contributed by atoms with Crippen LogP contribution >= 0.6 is 11.8 Å². The molecule has 0 bridgehead atoms. The summed E-state index contributed by atoms with van der Waals surface area (Å²) < 4.78 is 2.19. The van der Waals surface area contributed by atoms with Gasteiger partial charge in [-0.2, -0.15) is 0 Å². The fourth-order valence-electron chi connectivity index (χ4n) is 2.65. The molecule has 0 N–H and O–H groups in total. The second kappa shape index (κ2) is 6.52. The number of benzene rings is 1. The van der Waals surface area contributed by atoms with Crippen LogP contribution in [0.5, 0.6) is 0 Å². The molecule has 0 spiro atoms. The highest BCUT2D eigenvalue weighted by Crippen LogP contribution is 2.25. The Labute approximate surface area is 131 Å². The van der Waals surface area contributed by atoms with Gasteiger partial charge in [0.25, 0.3) is 0 Å². The molecule has 0 radical (unpaired) electrons. The fourth-order valence-corrected chi connectivity index (χ4v) is 3.66. The number of nitrogens with zero attached hydrogens (tertiary/aromatic N) is 1. The van der Waals surface area contributed by atoms with E-state index >= 15 is 0 Å². The van der Waals surface area contributed by atoms with E-state index in [2.05, 4.69) is 50.5 Å². The van der Waals surface area contributed by atoms with Crippen molar-refractivity contribution in [2.45, 2.75) is 46.1 Å². The van der Waals surface area contributed by atoms with E-state index in [1.54, 1.807) is 11.8 Å². The van der Waals surface area contributed by atoms with E-state index in [9.17, 15) is 4.79 Å². The van der Waals surface area contributed by atoms with Crippen LogP contribution in [0.4, 0.5) is 0 Å². The highest BCUT2D eigenvalue weighted by atomic mass is 32.2. The molecular formula is C18H23NOS. The number of thioether (sulfide) groups is 1. The molecule has 2 rings (SSSR count). The molecule has 1 heterocycles. The third-order valence-corrected chi connectivity index (χ3v) is 5.05. The molecule has 0 aliphatic carbocycles. The van der Waals surface area contributed by atoms with Crippen LogP contribution in [0.15, 0.2) is 29.2 Å². The summed E-state index contributed by atoms with van der Waals surface area (Å²) in [4.78, 5) is 13.7. The molecule has 1 aromatic heterocycles. The van der Waals surface area contributed by atoms with Crippen molar-refractivity contribution in [2.75, 3.05) is 5.75 Å². The van der Waals surface area contributed by atoms with E-state index in [1.807, 2.05) is 13.0 Å². The van der Waals surface area contributed by atoms with Gasteiger partial charge in [0.05, 0.1) is 5.75 Å². The summed E-state index contributed by atoms with van der Waals surface area (Å²) >= 11 is 1.64. The Balaban J connectivity index is 2.14. The molecule has 0 saturated carbocycles. The van der Waals surface area contributed by atoms with Crippen molar-refractivity contribution >= 4 is 17.5 Å². The molecule has 0 aliphatic rings. The molecule has 0 amide bonds. The molecule has 21 heavy (non-hydrogen) atoms. The third-order valence-electron chi connectivity index (χ3n) is 3.89. The Hall–Kier alpha value is -1.48. The number of hydrogen-bond acceptors (Lipinski definition) is 2. The lowest BCUT2D eigenvalue weighted by atomic mass is 10.2. The van der Waals surface area contributed by atoms with Crippen LogP contribution in [0.3, 0.4) is 0 Å². The van der Waals surface area contributed by atoms with E-state index in [1.165, 1.54) is 16.0 Å². The maximum absolute atomic E-state index is 12.5. The highest BCUT2D eigenvalue weighted by molar-refractivity contribution is 8.00. The van der Waals surface area contributed by atoms with Gasteiger partial charge in [0, 0.05) is 28.4 Å². The molecule has 3 heteroatoms. The van der Waals surface area contributed by atoms with Gasteiger partial charge in [0.1, 0.15) is 0 Å². The minimum Gasteiger partial charge on any atom is -0.349 e. The van der Waals surface area contributed by atoms with Crippen molar-refractivity contribution in [2.24, 2.45) is 0 Å². The second-order valence-electron chi connectivity index (χ2n) is 5.51. The van der Waals surface area contributed by atoms with E-state index in [0.717, 1.165) is 23.5 Å². The first-order valence-corrected chi connectivity index (χ1v) is 8.32. The summed E-state index contributed by atoms with van der Waals surface area (Å²) in [6.07, 6.45) is 0. The number of hydrogen-bond donors (Lipinski definition) is 0. The van der Waals surface area contributed by atoms with Gasteiger partial charge in [-0.05, 0) is 52.3 Å². The summed E-state index contributed by atoms with van der Waals surface area (Å²) in [5.74, 6) is 0.715. The lowest BCUT2D eigenvalue weighted by molar-refractivity contribution is 0.102. The number of rotatable bonds is 5. The molecule has 0 saturated heterocycles. The van der Waals surface area contributed by atoms with E-state index < -0.39 is 0 Å². The Morgan fingerprint density at radius 3 is 2.48 bits per heavy atom. The van der Waals surface area contributed by atoms with Crippen molar-refractivity contribution in [3.63, 3.8) is 0 Å². The molecule has 0 aliphatic heterocycles. The van der Waals surface area contributed by atoms with E-state index in [0.29, 0.717) is 5.75 Å². The molecule has 1 aromatic carbocycles. The molecule has 0 atom stereocenters. The van der Waals surface area contributed by atoms with Crippen LogP contribution in [0.1, 0.15) is 39.8 Å². The Bertz CT molecular complexity index is 670. The molecule has 0 unspecified atom stereocenters. The van der Waals surface area contributed by atoms with Gasteiger partial charge in [-0.3, -0.25) is 4.79 Å². The number of ketones is 1. The lowest BCUT2D eigenvalue weighted by Crippen LogP contribution is -2.06. The predicted octanol–water partition coefficient (Wildman–Crippen LogP) is 4.72. The summed E-state index contributed by atoms with van der Waals surface area (Å²) in [6, 6.07) is 8.40. The molecule has 2 nitrogen and oxygen atoms in total. The van der Waals surface area contributed by atoms with Gasteiger partial charge in [0.2, 0.25) is 0 Å². The quantitative estimate of drug-likeness (QED) is 0.589. The Morgan fingerprint density at radius 2 is 1.86 bits per heavy atom. The van der Waals surface area contributed by atoms with Crippen LogP contribution in [-0.2, 0) is 6.54 Å². The highest BCUT2D eigenvalue weighted by Gasteiger charge is 2.15. The molecule has 2 aromatic rings. The van der Waals surface area contributed by atoms with Crippen LogP contribution in [0.2, 0.25) is 0 Å². The zero-order valence-electron chi connectivity index (χ0n) is 13.5. The Kier molecular flexibility index (Phi) is 4.94. The minimum atomic E-state index is 0.216. The smallest absolute Gasteiger partial charge is 0.174 e. The second-order valence-corrected chi connectivity index (χ2v) is 6.53. The standard InChI is InChI=1S/C18H23NOS/c1-6-19-14(4)10-16(15(19)5)17(20)11-21-18-9-12(2)7-8-13(18)3/h7-10H,6,11H2,1-5H3. The number of Topliss-reactive ketones (excluding diaryl/α,β-unsaturated/α-hetero) is 1. The average molecular weight is 301 g/mol. The topological polar surface area (TPSA) is 22.0 Å². The van der Waals surface area contributed by atoms with Crippen LogP contribution in [0, 0.1) is 27.7 Å². The fraction of sp³-hybridized carbons (Fsp3) is 0.389. The first-order valence-electron chi connectivity index (χ1n) is 7.34. The van der Waals surface area contributed by atoms with E-state index in [-0.39, 0.29) is 5.78 Å². The first kappa shape index (κ1) is 15.9. The molecular weight excluding hydrogens is 278 g/mol. The van der Waals surface area contributed by atoms with Crippen molar-refractivity contribution in [1.82, 2.24) is 4.57 Å². The summed E-state index contributed by atoms with van der Waals surface area (Å²) in [5, 5.41) is 0. The van der Waals surface area contributed by atoms with Gasteiger partial charge in [-0.25, -0.2) is 0 Å². The number of carbonyl (C=O) groups is 1. The van der Waals surface area contributed by atoms with Crippen LogP contribution < -0.4 is 0 Å². The monoisotopic (exact) mass is 301 g/mol. The molecule has 112 valence electrons. The number of carbonyl (C=O) groups excluding carboxylic acids is 1. The Morgan fingerprint density at radius 1 is 1.14 bits per heavy atom. The maximum atomic E-state index is 12.5. The zero-order chi connectivity index (χ0) is 15.6. The molecule has 0 fully saturated rings. The largest absolute Gasteiger partial charge is 0.349 e. The van der Waals surface area contributed by atoms with Crippen molar-refractivity contribution in [1.29, 1.82) is 0 Å². The summed E-state index contributed by atoms with van der Waals surface area (Å²) in [6.45, 7) is 11.3. The van der Waals surface area contributed by atoms with Crippen molar-refractivity contribution in [3.05, 3.63) is 52.3 Å². The first-order chi connectivity index (χ1) is 9.93. The average Bonchev–Trinajstić information content (AvgIpc) is 2.74. The van der Waals surface area contributed by atoms with Gasteiger partial charge < -0.3 is 4.57 Å². The van der Waals surface area contributed by atoms with Crippen LogP contribution in [-0.4, -0.2) is 16.1 Å². The van der Waals surface area contributed by atoms with Gasteiger partial charge in [-0.1, -0.05) is 17.7 Å². The zero-order valence-corrected chi connectivity index (χ0v) is 14.3. The van der Waals surface area contributed by atoms with Crippen LogP contribution in [0.25, 0.3) is 0 Å². The van der Waals surface area contributed by atoms with Crippen molar-refractivity contribution < 1.29 is 4.79 Å². The van der Waals surface area contributed by atoms with E-state index in [4.69, 9.17) is 0 Å². The SMILES string of the molecule is CCn1c(C)cc(C(=O)CSc2cc(C)ccc2C)c1C.